The summed E-state index contributed by atoms with van der Waals surface area (Å²) in [5.74, 6) is -0.178. The molecule has 0 fully saturated rings. The fourth-order valence-electron chi connectivity index (χ4n) is 0.347. The molecule has 1 aromatic rings. The Kier molecular flexibility index (Phi) is 4.79. The van der Waals surface area contributed by atoms with Crippen molar-refractivity contribution in [1.29, 1.82) is 0 Å². The molecular weight excluding hydrogens is 129 g/mol. The van der Waals surface area contributed by atoms with E-state index in [1.165, 1.54) is 12.3 Å². The standard InChI is InChI=1S/C5H5NO.K/c7-5-3-1-2-4-6-5;/h1-4H,(H,6,7);/q;+1/p-1. The molecule has 0 radical (unpaired) electrons. The predicted molar refractivity (Wildman–Crippen MR) is 23.7 cm³/mol. The van der Waals surface area contributed by atoms with E-state index < -0.39 is 0 Å². The van der Waals surface area contributed by atoms with Gasteiger partial charge in [-0.3, -0.25) is 4.98 Å². The molecule has 8 heavy (non-hydrogen) atoms. The van der Waals surface area contributed by atoms with Crippen molar-refractivity contribution in [2.75, 3.05) is 0 Å². The van der Waals surface area contributed by atoms with Gasteiger partial charge in [0.25, 0.3) is 0 Å². The average Bonchev–Trinajstić information content (AvgIpc) is 1.69. The third-order valence-corrected chi connectivity index (χ3v) is 0.638. The van der Waals surface area contributed by atoms with Crippen LogP contribution >= 0.6 is 0 Å². The van der Waals surface area contributed by atoms with Gasteiger partial charge in [0, 0.05) is 6.20 Å². The van der Waals surface area contributed by atoms with Crippen LogP contribution in [0.2, 0.25) is 0 Å². The van der Waals surface area contributed by atoms with Crippen LogP contribution in [-0.4, -0.2) is 4.98 Å². The summed E-state index contributed by atoms with van der Waals surface area (Å²) >= 11 is 0. The molecule has 0 aliphatic carbocycles. The molecule has 1 heterocycles. The molecule has 1 rings (SSSR count). The summed E-state index contributed by atoms with van der Waals surface area (Å²) in [4.78, 5) is 3.42. The van der Waals surface area contributed by atoms with Gasteiger partial charge >= 0.3 is 51.4 Å². The van der Waals surface area contributed by atoms with Crippen LogP contribution < -0.4 is 56.5 Å². The Morgan fingerprint density at radius 1 is 1.38 bits per heavy atom. The van der Waals surface area contributed by atoms with E-state index in [0.29, 0.717) is 0 Å². The van der Waals surface area contributed by atoms with Crippen LogP contribution in [0.1, 0.15) is 0 Å². The normalized spacial score (nSPS) is 7.50. The minimum absolute atomic E-state index is 0. The number of hydrogen-bond donors (Lipinski definition) is 0. The summed E-state index contributed by atoms with van der Waals surface area (Å²) in [7, 11) is 0. The first-order valence-corrected chi connectivity index (χ1v) is 1.97. The Morgan fingerprint density at radius 3 is 2.38 bits per heavy atom. The largest absolute Gasteiger partial charge is 1.00 e. The maximum absolute atomic E-state index is 10.2. The fourth-order valence-corrected chi connectivity index (χ4v) is 0.347. The first-order valence-electron chi connectivity index (χ1n) is 1.97. The quantitative estimate of drug-likeness (QED) is 0.357. The van der Waals surface area contributed by atoms with Crippen LogP contribution in [0.4, 0.5) is 0 Å². The Balaban J connectivity index is 0.000000490. The third kappa shape index (κ3) is 2.79. The van der Waals surface area contributed by atoms with Gasteiger partial charge in [-0.25, -0.2) is 0 Å². The maximum Gasteiger partial charge on any atom is 1.00 e. The molecule has 0 saturated heterocycles. The minimum atomic E-state index is -0.178. The van der Waals surface area contributed by atoms with Crippen molar-refractivity contribution in [1.82, 2.24) is 4.98 Å². The monoisotopic (exact) mass is 133 g/mol. The fraction of sp³-hybridized carbons (Fsp3) is 0. The van der Waals surface area contributed by atoms with Gasteiger partial charge in [-0.2, -0.15) is 0 Å². The smallest absolute Gasteiger partial charge is 0.859 e. The summed E-state index contributed by atoms with van der Waals surface area (Å²) in [5, 5.41) is 10.2. The topological polar surface area (TPSA) is 36.0 Å². The third-order valence-electron chi connectivity index (χ3n) is 0.638. The van der Waals surface area contributed by atoms with E-state index in [1.54, 1.807) is 12.1 Å². The van der Waals surface area contributed by atoms with E-state index in [-0.39, 0.29) is 57.3 Å². The number of nitrogens with zero attached hydrogens (tertiary/aromatic N) is 1. The maximum atomic E-state index is 10.2. The van der Waals surface area contributed by atoms with Crippen molar-refractivity contribution in [3.63, 3.8) is 0 Å². The summed E-state index contributed by atoms with van der Waals surface area (Å²) in [6.07, 6.45) is 1.47. The first kappa shape index (κ1) is 8.59. The van der Waals surface area contributed by atoms with Crippen molar-refractivity contribution in [3.05, 3.63) is 24.4 Å². The van der Waals surface area contributed by atoms with Gasteiger partial charge in [0.05, 0.1) is 0 Å². The van der Waals surface area contributed by atoms with Crippen LogP contribution in [0.5, 0.6) is 5.88 Å². The van der Waals surface area contributed by atoms with Gasteiger partial charge in [-0.15, -0.1) is 0 Å². The van der Waals surface area contributed by atoms with Crippen molar-refractivity contribution >= 4 is 0 Å². The predicted octanol–water partition coefficient (Wildman–Crippen LogP) is -2.84. The number of pyridine rings is 1. The zero-order valence-electron chi connectivity index (χ0n) is 4.66. The molecule has 0 aliphatic rings. The molecule has 0 atom stereocenters. The van der Waals surface area contributed by atoms with Crippen LogP contribution in [0.3, 0.4) is 0 Å². The zero-order valence-corrected chi connectivity index (χ0v) is 7.79. The van der Waals surface area contributed by atoms with E-state index in [9.17, 15) is 5.11 Å². The molecule has 3 heteroatoms. The molecule has 0 amide bonds. The molecule has 0 aliphatic heterocycles. The molecule has 2 nitrogen and oxygen atoms in total. The van der Waals surface area contributed by atoms with Crippen LogP contribution in [0.15, 0.2) is 24.4 Å². The minimum Gasteiger partial charge on any atom is -0.859 e. The molecule has 36 valence electrons. The van der Waals surface area contributed by atoms with Gasteiger partial charge in [0.1, 0.15) is 0 Å². The molecule has 0 N–H and O–H groups in total. The van der Waals surface area contributed by atoms with Crippen LogP contribution in [0.25, 0.3) is 0 Å². The second-order valence-corrected chi connectivity index (χ2v) is 1.17. The van der Waals surface area contributed by atoms with Gasteiger partial charge in [-0.05, 0) is 11.9 Å². The summed E-state index contributed by atoms with van der Waals surface area (Å²) < 4.78 is 0. The van der Waals surface area contributed by atoms with Crippen molar-refractivity contribution in [2.45, 2.75) is 0 Å². The Bertz CT molecular complexity index is 142. The van der Waals surface area contributed by atoms with Gasteiger partial charge in [-0.1, -0.05) is 12.1 Å². The Labute approximate surface area is 90.4 Å². The van der Waals surface area contributed by atoms with Gasteiger partial charge < -0.3 is 5.11 Å². The number of aromatic nitrogens is 1. The summed E-state index contributed by atoms with van der Waals surface area (Å²) in [6, 6.07) is 4.79. The van der Waals surface area contributed by atoms with Crippen molar-refractivity contribution in [3.8, 4) is 5.88 Å². The number of rotatable bonds is 0. The van der Waals surface area contributed by atoms with Crippen LogP contribution in [0, 0.1) is 0 Å². The van der Waals surface area contributed by atoms with Gasteiger partial charge in [0.2, 0.25) is 0 Å². The van der Waals surface area contributed by atoms with Gasteiger partial charge in [0.15, 0.2) is 0 Å². The van der Waals surface area contributed by atoms with Crippen LogP contribution in [-0.2, 0) is 0 Å². The summed E-state index contributed by atoms with van der Waals surface area (Å²) in [6.45, 7) is 0. The SMILES string of the molecule is [K+].[O-]c1ccccn1. The van der Waals surface area contributed by atoms with Crippen molar-refractivity contribution < 1.29 is 56.5 Å². The molecule has 1 aromatic heterocycles. The molecule has 0 bridgehead atoms. The van der Waals surface area contributed by atoms with E-state index >= 15 is 0 Å². The van der Waals surface area contributed by atoms with Crippen molar-refractivity contribution in [2.24, 2.45) is 0 Å². The Morgan fingerprint density at radius 2 is 2.12 bits per heavy atom. The molecule has 0 aromatic carbocycles. The van der Waals surface area contributed by atoms with E-state index in [0.717, 1.165) is 0 Å². The zero-order chi connectivity index (χ0) is 5.11. The van der Waals surface area contributed by atoms with E-state index in [4.69, 9.17) is 0 Å². The molecule has 0 unspecified atom stereocenters. The van der Waals surface area contributed by atoms with E-state index in [2.05, 4.69) is 4.98 Å². The average molecular weight is 133 g/mol. The first-order chi connectivity index (χ1) is 3.39. The molecule has 0 saturated carbocycles. The second-order valence-electron chi connectivity index (χ2n) is 1.17. The Hall–Kier alpha value is 0.586. The molecular formula is C5H4KNO. The second kappa shape index (κ2) is 4.46. The summed E-state index contributed by atoms with van der Waals surface area (Å²) in [5.41, 5.74) is 0. The molecule has 0 spiro atoms. The number of hydrogen-bond acceptors (Lipinski definition) is 2. The van der Waals surface area contributed by atoms with E-state index in [1.807, 2.05) is 0 Å².